The Hall–Kier alpha value is -3.23. The first kappa shape index (κ1) is 31.7. The van der Waals surface area contributed by atoms with Crippen molar-refractivity contribution in [3.63, 3.8) is 0 Å². The Bertz CT molecular complexity index is 1720. The summed E-state index contributed by atoms with van der Waals surface area (Å²) < 4.78 is 78.3. The van der Waals surface area contributed by atoms with Crippen molar-refractivity contribution in [1.29, 1.82) is 0 Å². The fourth-order valence-electron chi connectivity index (χ4n) is 4.67. The first-order chi connectivity index (χ1) is 19.3. The number of aromatic hydroxyl groups is 1. The number of amides is 1. The molecule has 1 fully saturated rings. The van der Waals surface area contributed by atoms with Gasteiger partial charge in [-0.3, -0.25) is 9.48 Å². The summed E-state index contributed by atoms with van der Waals surface area (Å²) in [5.74, 6) is -5.28. The van der Waals surface area contributed by atoms with Gasteiger partial charge in [0.1, 0.15) is 28.6 Å². The summed E-state index contributed by atoms with van der Waals surface area (Å²) in [5, 5.41) is 22.9. The van der Waals surface area contributed by atoms with Crippen molar-refractivity contribution in [3.8, 4) is 17.0 Å². The minimum absolute atomic E-state index is 0. The van der Waals surface area contributed by atoms with Gasteiger partial charge in [0.05, 0.1) is 29.1 Å². The summed E-state index contributed by atoms with van der Waals surface area (Å²) in [6, 6.07) is 6.49. The van der Waals surface area contributed by atoms with Crippen LogP contribution in [-0.4, -0.2) is 92.6 Å². The Balaban J connectivity index is 0.00000405. The van der Waals surface area contributed by atoms with Crippen molar-refractivity contribution < 1.29 is 46.5 Å². The molecule has 15 heteroatoms. The van der Waals surface area contributed by atoms with Crippen LogP contribution in [0.1, 0.15) is 31.8 Å². The van der Waals surface area contributed by atoms with E-state index in [1.165, 1.54) is 24.1 Å². The third-order valence-electron chi connectivity index (χ3n) is 6.82. The molecule has 1 aliphatic rings. The number of aromatic carboxylic acids is 1. The van der Waals surface area contributed by atoms with E-state index in [0.717, 1.165) is 28.9 Å². The van der Waals surface area contributed by atoms with Gasteiger partial charge in [0.2, 0.25) is 0 Å². The number of fused-ring (bicyclic) bond motifs is 1. The summed E-state index contributed by atoms with van der Waals surface area (Å²) in [5.41, 5.74) is -3.52. The molecule has 0 saturated carbocycles. The van der Waals surface area contributed by atoms with Crippen molar-refractivity contribution >= 4 is 63.9 Å². The fourth-order valence-corrected chi connectivity index (χ4v) is 4.91. The third-order valence-corrected chi connectivity index (χ3v) is 7.18. The molecule has 0 spiro atoms. The number of phenols is 1. The summed E-state index contributed by atoms with van der Waals surface area (Å²) in [6.45, 7) is -0.165. The van der Waals surface area contributed by atoms with Crippen LogP contribution in [0.25, 0.3) is 22.2 Å². The van der Waals surface area contributed by atoms with E-state index >= 15 is 8.78 Å². The number of halogens is 6. The summed E-state index contributed by atoms with van der Waals surface area (Å²) in [6.07, 6.45) is -5.01. The molecule has 216 valence electrons. The quantitative estimate of drug-likeness (QED) is 0.234. The zero-order valence-corrected chi connectivity index (χ0v) is 21.7. The SMILES string of the molecule is COC1CN(C(=O)c2cc(F)c3c(-c4cc(O)c(C(=O)O)cc4F)nn(Cc4c(Cl)cccc4C(F)(F)F)c3c2)C1.[NaH]. The topological polar surface area (TPSA) is 105 Å². The number of nitrogens with zero attached hydrogens (tertiary/aromatic N) is 3. The number of carbonyl (C=O) groups is 2. The molecule has 8 nitrogen and oxygen atoms in total. The average Bonchev–Trinajstić information content (AvgIpc) is 3.23. The first-order valence-electron chi connectivity index (χ1n) is 11.9. The predicted molar refractivity (Wildman–Crippen MR) is 143 cm³/mol. The van der Waals surface area contributed by atoms with E-state index in [9.17, 15) is 33.0 Å². The second-order valence-corrected chi connectivity index (χ2v) is 9.75. The molecule has 1 aromatic heterocycles. The second kappa shape index (κ2) is 11.8. The van der Waals surface area contributed by atoms with Gasteiger partial charge in [-0.15, -0.1) is 0 Å². The molecule has 1 saturated heterocycles. The predicted octanol–water partition coefficient (Wildman–Crippen LogP) is 4.93. The molecule has 0 aliphatic carbocycles. The summed E-state index contributed by atoms with van der Waals surface area (Å²) in [4.78, 5) is 25.7. The van der Waals surface area contributed by atoms with Gasteiger partial charge in [-0.1, -0.05) is 17.7 Å². The van der Waals surface area contributed by atoms with E-state index in [0.29, 0.717) is 6.07 Å². The van der Waals surface area contributed by atoms with Crippen molar-refractivity contribution in [3.05, 3.63) is 81.4 Å². The molecule has 2 heterocycles. The molecule has 2 N–H and O–H groups in total. The molecular formula is C27H20ClF5N3NaO5. The number of rotatable bonds is 6. The number of methoxy groups -OCH3 is 1. The Morgan fingerprint density at radius 2 is 1.81 bits per heavy atom. The normalized spacial score (nSPS) is 13.6. The Morgan fingerprint density at radius 1 is 1.12 bits per heavy atom. The number of carbonyl (C=O) groups excluding carboxylic acids is 1. The van der Waals surface area contributed by atoms with E-state index in [4.69, 9.17) is 16.3 Å². The van der Waals surface area contributed by atoms with Crippen LogP contribution in [0.5, 0.6) is 5.75 Å². The van der Waals surface area contributed by atoms with Crippen LogP contribution in [-0.2, 0) is 17.5 Å². The molecule has 4 aromatic rings. The number of ether oxygens (including phenoxy) is 1. The van der Waals surface area contributed by atoms with E-state index in [2.05, 4.69) is 5.10 Å². The average molecular weight is 620 g/mol. The maximum absolute atomic E-state index is 15.7. The van der Waals surface area contributed by atoms with Gasteiger partial charge in [0, 0.05) is 41.9 Å². The molecule has 0 radical (unpaired) electrons. The molecule has 0 atom stereocenters. The molecule has 5 rings (SSSR count). The summed E-state index contributed by atoms with van der Waals surface area (Å²) >= 11 is 6.13. The maximum atomic E-state index is 15.7. The van der Waals surface area contributed by atoms with Crippen LogP contribution >= 0.6 is 11.6 Å². The van der Waals surface area contributed by atoms with Gasteiger partial charge in [-0.25, -0.2) is 13.6 Å². The van der Waals surface area contributed by atoms with E-state index < -0.39 is 69.9 Å². The van der Waals surface area contributed by atoms with Crippen LogP contribution in [0, 0.1) is 11.6 Å². The Labute approximate surface area is 261 Å². The van der Waals surface area contributed by atoms with Crippen LogP contribution in [0.3, 0.4) is 0 Å². The van der Waals surface area contributed by atoms with Crippen molar-refractivity contribution in [2.75, 3.05) is 20.2 Å². The number of benzene rings is 3. The third kappa shape index (κ3) is 5.71. The van der Waals surface area contributed by atoms with Crippen molar-refractivity contribution in [2.45, 2.75) is 18.8 Å². The Morgan fingerprint density at radius 3 is 2.43 bits per heavy atom. The molecule has 1 aliphatic heterocycles. The van der Waals surface area contributed by atoms with Crippen LogP contribution in [0.4, 0.5) is 22.0 Å². The fraction of sp³-hybridized carbons (Fsp3) is 0.222. The zero-order valence-electron chi connectivity index (χ0n) is 21.0. The van der Waals surface area contributed by atoms with Crippen molar-refractivity contribution in [1.82, 2.24) is 14.7 Å². The van der Waals surface area contributed by atoms with Gasteiger partial charge >= 0.3 is 41.7 Å². The van der Waals surface area contributed by atoms with E-state index in [1.54, 1.807) is 0 Å². The number of aromatic nitrogens is 2. The Kier molecular flexibility index (Phi) is 8.91. The number of carboxylic acids is 1. The molecule has 0 bridgehead atoms. The standard InChI is InChI=1S/C27H19ClF5N3O5.Na.H/c1-41-13-9-35(10-13)25(38)12-5-20(30)23-21(6-12)36(11-16-17(27(31,32)33)3-2-4-18(16)28)34-24(23)14-8-22(37)15(26(39)40)7-19(14)29;;/h2-8,13,37H,9-11H2,1H3,(H,39,40);;. The van der Waals surface area contributed by atoms with E-state index in [1.807, 2.05) is 0 Å². The number of likely N-dealkylation sites (tertiary alicyclic amines) is 1. The van der Waals surface area contributed by atoms with Crippen molar-refractivity contribution in [2.24, 2.45) is 0 Å². The van der Waals surface area contributed by atoms with Crippen LogP contribution in [0.2, 0.25) is 5.02 Å². The van der Waals surface area contributed by atoms with Gasteiger partial charge in [0.25, 0.3) is 5.91 Å². The molecular weight excluding hydrogens is 600 g/mol. The van der Waals surface area contributed by atoms with Gasteiger partial charge in [-0.2, -0.15) is 18.3 Å². The molecule has 1 amide bonds. The number of carboxylic acid groups (broad SMARTS) is 1. The van der Waals surface area contributed by atoms with Gasteiger partial charge in [-0.05, 0) is 36.4 Å². The van der Waals surface area contributed by atoms with Crippen LogP contribution < -0.4 is 0 Å². The second-order valence-electron chi connectivity index (χ2n) is 9.34. The number of hydrogen-bond acceptors (Lipinski definition) is 5. The number of hydrogen-bond donors (Lipinski definition) is 2. The molecule has 42 heavy (non-hydrogen) atoms. The minimum atomic E-state index is -4.81. The van der Waals surface area contributed by atoms with Gasteiger partial charge in [0.15, 0.2) is 0 Å². The van der Waals surface area contributed by atoms with E-state index in [-0.39, 0.29) is 70.2 Å². The van der Waals surface area contributed by atoms with Gasteiger partial charge < -0.3 is 19.8 Å². The first-order valence-corrected chi connectivity index (χ1v) is 12.3. The molecule has 3 aromatic carbocycles. The zero-order chi connectivity index (χ0) is 29.8. The number of alkyl halides is 3. The van der Waals surface area contributed by atoms with Crippen LogP contribution in [0.15, 0.2) is 42.5 Å². The molecule has 0 unspecified atom stereocenters. The monoisotopic (exact) mass is 619 g/mol. The summed E-state index contributed by atoms with van der Waals surface area (Å²) in [7, 11) is 1.47.